The molecule has 92 valence electrons. The molecule has 0 radical (unpaired) electrons. The van der Waals surface area contributed by atoms with Gasteiger partial charge in [-0.3, -0.25) is 10.1 Å². The number of nitro groups is 1. The summed E-state index contributed by atoms with van der Waals surface area (Å²) in [6, 6.07) is 12.3. The Bertz CT molecular complexity index is 584. The van der Waals surface area contributed by atoms with E-state index in [1.165, 1.54) is 17.8 Å². The summed E-state index contributed by atoms with van der Waals surface area (Å²) in [5.41, 5.74) is 1.12. The summed E-state index contributed by atoms with van der Waals surface area (Å²) in [6.45, 7) is 1.91. The highest BCUT2D eigenvalue weighted by Gasteiger charge is 2.14. The molecule has 18 heavy (non-hydrogen) atoms. The smallest absolute Gasteiger partial charge is 0.258 e. The molecule has 0 heterocycles. The van der Waals surface area contributed by atoms with E-state index in [0.717, 1.165) is 10.5 Å². The Hall–Kier alpha value is -1.52. The van der Waals surface area contributed by atoms with Gasteiger partial charge < -0.3 is 0 Å². The molecule has 0 amide bonds. The molecule has 3 nitrogen and oxygen atoms in total. The highest BCUT2D eigenvalue weighted by Crippen LogP contribution is 2.35. The molecule has 0 fully saturated rings. The minimum absolute atomic E-state index is 0.126. The molecular formula is C13H10ClNO2S. The number of nitro benzene ring substituents is 1. The Kier molecular flexibility index (Phi) is 3.89. The summed E-state index contributed by atoms with van der Waals surface area (Å²) in [6.07, 6.45) is 0. The highest BCUT2D eigenvalue weighted by molar-refractivity contribution is 7.99. The van der Waals surface area contributed by atoms with Gasteiger partial charge in [-0.15, -0.1) is 0 Å². The van der Waals surface area contributed by atoms with Gasteiger partial charge in [0.2, 0.25) is 0 Å². The first-order valence-electron chi connectivity index (χ1n) is 5.25. The summed E-state index contributed by atoms with van der Waals surface area (Å²) >= 11 is 7.17. The molecule has 2 aromatic rings. The molecule has 0 atom stereocenters. The van der Waals surface area contributed by atoms with E-state index in [-0.39, 0.29) is 10.6 Å². The lowest BCUT2D eigenvalue weighted by atomic mass is 10.2. The molecule has 0 aliphatic rings. The Morgan fingerprint density at radius 2 is 1.83 bits per heavy atom. The van der Waals surface area contributed by atoms with Gasteiger partial charge in [0.1, 0.15) is 0 Å². The maximum Gasteiger partial charge on any atom is 0.283 e. The van der Waals surface area contributed by atoms with Crippen molar-refractivity contribution in [3.63, 3.8) is 0 Å². The van der Waals surface area contributed by atoms with Gasteiger partial charge in [0.15, 0.2) is 0 Å². The Balaban J connectivity index is 2.35. The molecule has 0 saturated heterocycles. The summed E-state index contributed by atoms with van der Waals surface area (Å²) < 4.78 is 0. The molecule has 0 aliphatic heterocycles. The van der Waals surface area contributed by atoms with Gasteiger partial charge >= 0.3 is 0 Å². The number of aryl methyl sites for hydroxylation is 1. The zero-order chi connectivity index (χ0) is 13.1. The molecule has 0 unspecified atom stereocenters. The quantitative estimate of drug-likeness (QED) is 0.604. The first-order valence-corrected chi connectivity index (χ1v) is 6.44. The molecule has 0 bridgehead atoms. The van der Waals surface area contributed by atoms with Crippen LogP contribution in [0.3, 0.4) is 0 Å². The maximum absolute atomic E-state index is 10.9. The van der Waals surface area contributed by atoms with Crippen LogP contribution in [0.25, 0.3) is 0 Å². The number of rotatable bonds is 3. The topological polar surface area (TPSA) is 43.1 Å². The van der Waals surface area contributed by atoms with Crippen LogP contribution in [-0.2, 0) is 0 Å². The van der Waals surface area contributed by atoms with Crippen LogP contribution in [0.2, 0.25) is 5.02 Å². The van der Waals surface area contributed by atoms with Gasteiger partial charge in [-0.05, 0) is 42.8 Å². The molecule has 0 saturated carbocycles. The first-order chi connectivity index (χ1) is 8.56. The van der Waals surface area contributed by atoms with E-state index in [1.54, 1.807) is 18.2 Å². The second kappa shape index (κ2) is 5.42. The molecule has 2 rings (SSSR count). The van der Waals surface area contributed by atoms with Crippen LogP contribution in [0.15, 0.2) is 52.3 Å². The van der Waals surface area contributed by atoms with Gasteiger partial charge in [0.05, 0.1) is 9.82 Å². The van der Waals surface area contributed by atoms with Crippen molar-refractivity contribution in [1.82, 2.24) is 0 Å². The van der Waals surface area contributed by atoms with Crippen molar-refractivity contribution >= 4 is 29.1 Å². The zero-order valence-corrected chi connectivity index (χ0v) is 11.2. The van der Waals surface area contributed by atoms with Crippen molar-refractivity contribution in [1.29, 1.82) is 0 Å². The first kappa shape index (κ1) is 12.9. The van der Waals surface area contributed by atoms with E-state index in [2.05, 4.69) is 0 Å². The van der Waals surface area contributed by atoms with Crippen LogP contribution in [0.4, 0.5) is 5.69 Å². The van der Waals surface area contributed by atoms with Crippen molar-refractivity contribution in [3.05, 3.63) is 63.2 Å². The standard InChI is InChI=1S/C13H10ClNO2S/c1-9-2-7-12(15(16)17)13(8-9)18-11-5-3-10(14)4-6-11/h2-8H,1H3. The van der Waals surface area contributed by atoms with E-state index in [0.29, 0.717) is 9.92 Å². The largest absolute Gasteiger partial charge is 0.283 e. The summed E-state index contributed by atoms with van der Waals surface area (Å²) in [5, 5.41) is 11.6. The van der Waals surface area contributed by atoms with Crippen LogP contribution in [0, 0.1) is 17.0 Å². The van der Waals surface area contributed by atoms with Crippen LogP contribution >= 0.6 is 23.4 Å². The van der Waals surface area contributed by atoms with Crippen LogP contribution < -0.4 is 0 Å². The number of hydrogen-bond donors (Lipinski definition) is 0. The highest BCUT2D eigenvalue weighted by atomic mass is 35.5. The van der Waals surface area contributed by atoms with E-state index in [4.69, 9.17) is 11.6 Å². The molecule has 0 N–H and O–H groups in total. The molecule has 0 spiro atoms. The third-order valence-corrected chi connectivity index (χ3v) is 3.66. The van der Waals surface area contributed by atoms with Crippen LogP contribution in [-0.4, -0.2) is 4.92 Å². The summed E-state index contributed by atoms with van der Waals surface area (Å²) in [4.78, 5) is 12.2. The fourth-order valence-corrected chi connectivity index (χ4v) is 2.63. The lowest BCUT2D eigenvalue weighted by Gasteiger charge is -2.04. The normalized spacial score (nSPS) is 10.3. The molecular weight excluding hydrogens is 270 g/mol. The number of benzene rings is 2. The van der Waals surface area contributed by atoms with E-state index >= 15 is 0 Å². The van der Waals surface area contributed by atoms with Crippen molar-refractivity contribution in [2.75, 3.05) is 0 Å². The number of halogens is 1. The molecule has 5 heteroatoms. The van der Waals surface area contributed by atoms with E-state index in [1.807, 2.05) is 25.1 Å². The number of hydrogen-bond acceptors (Lipinski definition) is 3. The lowest BCUT2D eigenvalue weighted by Crippen LogP contribution is -1.91. The van der Waals surface area contributed by atoms with Crippen molar-refractivity contribution in [3.8, 4) is 0 Å². The fourth-order valence-electron chi connectivity index (χ4n) is 1.48. The average Bonchev–Trinajstić information content (AvgIpc) is 2.32. The Labute approximate surface area is 114 Å². The van der Waals surface area contributed by atoms with Crippen molar-refractivity contribution in [2.45, 2.75) is 16.7 Å². The second-order valence-corrected chi connectivity index (χ2v) is 5.34. The second-order valence-electron chi connectivity index (χ2n) is 3.78. The third-order valence-electron chi connectivity index (χ3n) is 2.35. The van der Waals surface area contributed by atoms with E-state index in [9.17, 15) is 10.1 Å². The predicted molar refractivity (Wildman–Crippen MR) is 73.4 cm³/mol. The molecule has 0 aliphatic carbocycles. The summed E-state index contributed by atoms with van der Waals surface area (Å²) in [7, 11) is 0. The lowest BCUT2D eigenvalue weighted by molar-refractivity contribution is -0.387. The number of nitrogens with zero attached hydrogens (tertiary/aromatic N) is 1. The molecule has 0 aromatic heterocycles. The fraction of sp³-hybridized carbons (Fsp3) is 0.0769. The van der Waals surface area contributed by atoms with Crippen molar-refractivity contribution < 1.29 is 4.92 Å². The van der Waals surface area contributed by atoms with Crippen LogP contribution in [0.1, 0.15) is 5.56 Å². The minimum Gasteiger partial charge on any atom is -0.258 e. The SMILES string of the molecule is Cc1ccc([N+](=O)[O-])c(Sc2ccc(Cl)cc2)c1. The van der Waals surface area contributed by atoms with Crippen molar-refractivity contribution in [2.24, 2.45) is 0 Å². The van der Waals surface area contributed by atoms with Gasteiger partial charge in [0, 0.05) is 16.0 Å². The average molecular weight is 280 g/mol. The summed E-state index contributed by atoms with van der Waals surface area (Å²) in [5.74, 6) is 0. The van der Waals surface area contributed by atoms with Gasteiger partial charge in [0.25, 0.3) is 5.69 Å². The van der Waals surface area contributed by atoms with Gasteiger partial charge in [-0.2, -0.15) is 0 Å². The Morgan fingerprint density at radius 3 is 2.44 bits per heavy atom. The predicted octanol–water partition coefficient (Wildman–Crippen LogP) is 4.71. The minimum atomic E-state index is -0.363. The Morgan fingerprint density at radius 1 is 1.17 bits per heavy atom. The van der Waals surface area contributed by atoms with Gasteiger partial charge in [-0.1, -0.05) is 29.4 Å². The molecule has 2 aromatic carbocycles. The monoisotopic (exact) mass is 279 g/mol. The van der Waals surface area contributed by atoms with Crippen LogP contribution in [0.5, 0.6) is 0 Å². The third kappa shape index (κ3) is 3.03. The zero-order valence-electron chi connectivity index (χ0n) is 9.59. The van der Waals surface area contributed by atoms with E-state index < -0.39 is 0 Å². The maximum atomic E-state index is 10.9. The van der Waals surface area contributed by atoms with Gasteiger partial charge in [-0.25, -0.2) is 0 Å².